The molecule has 0 bridgehead atoms. The molecule has 1 fully saturated rings. The Morgan fingerprint density at radius 3 is 2.52 bits per heavy atom. The number of nitrogens with one attached hydrogen (secondary N) is 1. The minimum Gasteiger partial charge on any atom is -0.444 e. The smallest absolute Gasteiger partial charge is 0.407 e. The van der Waals surface area contributed by atoms with Gasteiger partial charge in [0.25, 0.3) is 0 Å². The van der Waals surface area contributed by atoms with Gasteiger partial charge >= 0.3 is 6.09 Å². The standard InChI is InChI=1S/C17H35N3O3/c1-13(14-6-7-14)20(10-11-22-5)15(12-18)8-9-19-16(21)23-17(2,3)4/h13-15H,6-12,18H2,1-5H3,(H,19,21). The van der Waals surface area contributed by atoms with Gasteiger partial charge in [-0.2, -0.15) is 0 Å². The van der Waals surface area contributed by atoms with E-state index in [0.717, 1.165) is 18.9 Å². The maximum absolute atomic E-state index is 11.7. The molecule has 3 N–H and O–H groups in total. The molecule has 0 aromatic rings. The number of rotatable bonds is 10. The van der Waals surface area contributed by atoms with Crippen LogP contribution in [0.5, 0.6) is 0 Å². The molecule has 0 aromatic heterocycles. The van der Waals surface area contributed by atoms with Gasteiger partial charge in [-0.1, -0.05) is 0 Å². The Balaban J connectivity index is 2.46. The zero-order chi connectivity index (χ0) is 17.5. The summed E-state index contributed by atoms with van der Waals surface area (Å²) in [4.78, 5) is 14.2. The van der Waals surface area contributed by atoms with Crippen molar-refractivity contribution in [1.82, 2.24) is 10.2 Å². The summed E-state index contributed by atoms with van der Waals surface area (Å²) >= 11 is 0. The number of ether oxygens (including phenoxy) is 2. The fourth-order valence-corrected chi connectivity index (χ4v) is 2.84. The van der Waals surface area contributed by atoms with Crippen LogP contribution in [-0.4, -0.2) is 62.0 Å². The highest BCUT2D eigenvalue weighted by molar-refractivity contribution is 5.67. The molecule has 0 heterocycles. The minimum atomic E-state index is -0.470. The third-order valence-corrected chi connectivity index (χ3v) is 4.27. The fourth-order valence-electron chi connectivity index (χ4n) is 2.84. The van der Waals surface area contributed by atoms with Gasteiger partial charge in [-0.25, -0.2) is 4.79 Å². The first-order valence-electron chi connectivity index (χ1n) is 8.70. The van der Waals surface area contributed by atoms with E-state index in [9.17, 15) is 4.79 Å². The van der Waals surface area contributed by atoms with Crippen molar-refractivity contribution in [2.24, 2.45) is 11.7 Å². The van der Waals surface area contributed by atoms with E-state index >= 15 is 0 Å². The van der Waals surface area contributed by atoms with Crippen LogP contribution in [0.15, 0.2) is 0 Å². The Bertz CT molecular complexity index is 353. The summed E-state index contributed by atoms with van der Waals surface area (Å²) in [6, 6.07) is 0.760. The van der Waals surface area contributed by atoms with Crippen molar-refractivity contribution in [3.05, 3.63) is 0 Å². The molecule has 1 saturated carbocycles. The maximum atomic E-state index is 11.7. The molecule has 6 nitrogen and oxygen atoms in total. The molecule has 1 rings (SSSR count). The number of hydrogen-bond donors (Lipinski definition) is 2. The van der Waals surface area contributed by atoms with Crippen molar-refractivity contribution in [1.29, 1.82) is 0 Å². The van der Waals surface area contributed by atoms with Crippen LogP contribution in [0, 0.1) is 5.92 Å². The number of methoxy groups -OCH3 is 1. The molecular weight excluding hydrogens is 294 g/mol. The third-order valence-electron chi connectivity index (χ3n) is 4.27. The topological polar surface area (TPSA) is 76.8 Å². The van der Waals surface area contributed by atoms with Gasteiger partial charge in [0.1, 0.15) is 5.60 Å². The van der Waals surface area contributed by atoms with Crippen LogP contribution in [0.3, 0.4) is 0 Å². The van der Waals surface area contributed by atoms with Crippen LogP contribution in [0.1, 0.15) is 47.0 Å². The first-order valence-corrected chi connectivity index (χ1v) is 8.70. The van der Waals surface area contributed by atoms with Gasteiger partial charge in [0, 0.05) is 38.8 Å². The molecule has 2 atom stereocenters. The van der Waals surface area contributed by atoms with Crippen molar-refractivity contribution < 1.29 is 14.3 Å². The lowest BCUT2D eigenvalue weighted by Gasteiger charge is -2.36. The first-order chi connectivity index (χ1) is 10.8. The highest BCUT2D eigenvalue weighted by Gasteiger charge is 2.34. The average Bonchev–Trinajstić information content (AvgIpc) is 3.27. The zero-order valence-electron chi connectivity index (χ0n) is 15.4. The van der Waals surface area contributed by atoms with Crippen LogP contribution in [0.2, 0.25) is 0 Å². The van der Waals surface area contributed by atoms with E-state index in [-0.39, 0.29) is 12.1 Å². The number of carbonyl (C=O) groups is 1. The summed E-state index contributed by atoms with van der Waals surface area (Å²) in [5.74, 6) is 0.778. The molecule has 0 spiro atoms. The second-order valence-corrected chi connectivity index (χ2v) is 7.42. The van der Waals surface area contributed by atoms with Crippen molar-refractivity contribution in [2.75, 3.05) is 33.4 Å². The number of nitrogens with two attached hydrogens (primary N) is 1. The lowest BCUT2D eigenvalue weighted by molar-refractivity contribution is 0.0509. The Morgan fingerprint density at radius 2 is 2.04 bits per heavy atom. The maximum Gasteiger partial charge on any atom is 0.407 e. The van der Waals surface area contributed by atoms with E-state index < -0.39 is 5.60 Å². The highest BCUT2D eigenvalue weighted by Crippen LogP contribution is 2.35. The van der Waals surface area contributed by atoms with Gasteiger partial charge < -0.3 is 20.5 Å². The quantitative estimate of drug-likeness (QED) is 0.641. The normalized spacial score (nSPS) is 17.9. The Kier molecular flexibility index (Phi) is 8.29. The predicted octanol–water partition coefficient (Wildman–Crippen LogP) is 1.98. The number of carbonyl (C=O) groups excluding carboxylic acids is 1. The third kappa shape index (κ3) is 7.99. The van der Waals surface area contributed by atoms with Crippen molar-refractivity contribution >= 4 is 6.09 Å². The molecule has 0 saturated heterocycles. The predicted molar refractivity (Wildman–Crippen MR) is 92.5 cm³/mol. The summed E-state index contributed by atoms with van der Waals surface area (Å²) < 4.78 is 10.5. The van der Waals surface area contributed by atoms with E-state index in [0.29, 0.717) is 25.7 Å². The second kappa shape index (κ2) is 9.45. The van der Waals surface area contributed by atoms with E-state index in [1.165, 1.54) is 12.8 Å². The van der Waals surface area contributed by atoms with Gasteiger partial charge in [0.05, 0.1) is 6.61 Å². The van der Waals surface area contributed by atoms with Gasteiger partial charge in [0.15, 0.2) is 0 Å². The molecule has 6 heteroatoms. The summed E-state index contributed by atoms with van der Waals surface area (Å²) in [5, 5.41) is 2.82. The Labute approximate surface area is 141 Å². The summed E-state index contributed by atoms with van der Waals surface area (Å²) in [5.41, 5.74) is 5.53. The summed E-state index contributed by atoms with van der Waals surface area (Å²) in [6.45, 7) is 10.6. The van der Waals surface area contributed by atoms with Crippen LogP contribution in [0.4, 0.5) is 4.79 Å². The molecule has 136 valence electrons. The molecule has 23 heavy (non-hydrogen) atoms. The lowest BCUT2D eigenvalue weighted by Crippen LogP contribution is -2.49. The molecule has 2 unspecified atom stereocenters. The van der Waals surface area contributed by atoms with Gasteiger partial charge in [-0.15, -0.1) is 0 Å². The molecule has 1 aliphatic rings. The SMILES string of the molecule is COCCN(C(CN)CCNC(=O)OC(C)(C)C)C(C)C1CC1. The van der Waals surface area contributed by atoms with Gasteiger partial charge in [-0.3, -0.25) is 4.90 Å². The second-order valence-electron chi connectivity index (χ2n) is 7.42. The summed E-state index contributed by atoms with van der Waals surface area (Å²) in [7, 11) is 1.72. The van der Waals surface area contributed by atoms with Gasteiger partial charge in [-0.05, 0) is 52.9 Å². The monoisotopic (exact) mass is 329 g/mol. The first kappa shape index (κ1) is 20.2. The van der Waals surface area contributed by atoms with Crippen molar-refractivity contribution in [3.8, 4) is 0 Å². The Morgan fingerprint density at radius 1 is 1.39 bits per heavy atom. The zero-order valence-corrected chi connectivity index (χ0v) is 15.4. The van der Waals surface area contributed by atoms with Crippen LogP contribution in [-0.2, 0) is 9.47 Å². The van der Waals surface area contributed by atoms with E-state index in [4.69, 9.17) is 15.2 Å². The molecule has 1 aliphatic carbocycles. The van der Waals surface area contributed by atoms with E-state index in [2.05, 4.69) is 17.1 Å². The molecular formula is C17H35N3O3. The van der Waals surface area contributed by atoms with Crippen LogP contribution in [0.25, 0.3) is 0 Å². The average molecular weight is 329 g/mol. The molecule has 0 radical (unpaired) electrons. The number of hydrogen-bond acceptors (Lipinski definition) is 5. The largest absolute Gasteiger partial charge is 0.444 e. The molecule has 0 aromatic carbocycles. The van der Waals surface area contributed by atoms with Crippen molar-refractivity contribution in [2.45, 2.75) is 64.6 Å². The minimum absolute atomic E-state index is 0.246. The molecule has 1 amide bonds. The highest BCUT2D eigenvalue weighted by atomic mass is 16.6. The molecule has 0 aliphatic heterocycles. The fraction of sp³-hybridized carbons (Fsp3) is 0.941. The lowest BCUT2D eigenvalue weighted by atomic mass is 10.1. The van der Waals surface area contributed by atoms with E-state index in [1.807, 2.05) is 20.8 Å². The number of nitrogens with zero attached hydrogens (tertiary/aromatic N) is 1. The van der Waals surface area contributed by atoms with Gasteiger partial charge in [0.2, 0.25) is 0 Å². The van der Waals surface area contributed by atoms with E-state index in [1.54, 1.807) is 7.11 Å². The Hall–Kier alpha value is -0.850. The van der Waals surface area contributed by atoms with Crippen LogP contribution >= 0.6 is 0 Å². The summed E-state index contributed by atoms with van der Waals surface area (Å²) in [6.07, 6.45) is 3.05. The van der Waals surface area contributed by atoms with Crippen molar-refractivity contribution in [3.63, 3.8) is 0 Å². The number of amides is 1. The van der Waals surface area contributed by atoms with Crippen LogP contribution < -0.4 is 11.1 Å². The number of alkyl carbamates (subject to hydrolysis) is 1.